The Kier molecular flexibility index (Phi) is 5.55. The zero-order valence-corrected chi connectivity index (χ0v) is 15.7. The van der Waals surface area contributed by atoms with Crippen LogP contribution in [0.5, 0.6) is 0 Å². The van der Waals surface area contributed by atoms with Gasteiger partial charge in [0, 0.05) is 43.5 Å². The number of benzene rings is 1. The molecule has 1 aromatic heterocycles. The SMILES string of the molecule is C[C@@H]1CN(C(=O)CN)CCCCN1S(=O)(=O)c1ccc2cnccc2c1. The summed E-state index contributed by atoms with van der Waals surface area (Å²) in [6.07, 6.45) is 4.82. The molecule has 1 amide bonds. The predicted molar refractivity (Wildman–Crippen MR) is 100.0 cm³/mol. The molecule has 0 aliphatic carbocycles. The van der Waals surface area contributed by atoms with E-state index in [0.29, 0.717) is 26.1 Å². The third kappa shape index (κ3) is 3.72. The zero-order chi connectivity index (χ0) is 18.7. The van der Waals surface area contributed by atoms with E-state index in [-0.39, 0.29) is 23.4 Å². The average Bonchev–Trinajstić information content (AvgIpc) is 2.63. The monoisotopic (exact) mass is 376 g/mol. The van der Waals surface area contributed by atoms with Crippen LogP contribution in [-0.4, -0.2) is 60.7 Å². The second-order valence-electron chi connectivity index (χ2n) is 6.60. The van der Waals surface area contributed by atoms with Crippen LogP contribution in [0.3, 0.4) is 0 Å². The first-order chi connectivity index (χ1) is 12.4. The standard InChI is InChI=1S/C18H24N4O3S/c1-14-13-21(18(23)11-19)8-2-3-9-22(14)26(24,25)17-5-4-16-12-20-7-6-15(16)10-17/h4-7,10,12,14H,2-3,8-9,11,13,19H2,1H3/t14-/m1/s1. The number of nitrogens with zero attached hydrogens (tertiary/aromatic N) is 3. The summed E-state index contributed by atoms with van der Waals surface area (Å²) in [4.78, 5) is 18.0. The molecule has 0 bridgehead atoms. The van der Waals surface area contributed by atoms with Crippen molar-refractivity contribution >= 4 is 26.7 Å². The van der Waals surface area contributed by atoms with Gasteiger partial charge in [0.2, 0.25) is 15.9 Å². The van der Waals surface area contributed by atoms with E-state index in [0.717, 1.165) is 17.2 Å². The molecule has 3 rings (SSSR count). The molecule has 1 fully saturated rings. The highest BCUT2D eigenvalue weighted by atomic mass is 32.2. The minimum atomic E-state index is -3.65. The van der Waals surface area contributed by atoms with Gasteiger partial charge in [-0.2, -0.15) is 4.31 Å². The quantitative estimate of drug-likeness (QED) is 0.868. The van der Waals surface area contributed by atoms with Crippen LogP contribution < -0.4 is 5.73 Å². The van der Waals surface area contributed by atoms with Gasteiger partial charge >= 0.3 is 0 Å². The van der Waals surface area contributed by atoms with Gasteiger partial charge in [-0.25, -0.2) is 8.42 Å². The van der Waals surface area contributed by atoms with Gasteiger partial charge in [0.15, 0.2) is 0 Å². The van der Waals surface area contributed by atoms with Crippen molar-refractivity contribution in [1.82, 2.24) is 14.2 Å². The molecule has 2 N–H and O–H groups in total. The van der Waals surface area contributed by atoms with E-state index in [1.807, 2.05) is 6.92 Å². The summed E-state index contributed by atoms with van der Waals surface area (Å²) in [5.41, 5.74) is 5.47. The molecule has 2 heterocycles. The lowest BCUT2D eigenvalue weighted by Gasteiger charge is -2.35. The molecule has 7 nitrogen and oxygen atoms in total. The van der Waals surface area contributed by atoms with Gasteiger partial charge in [0.25, 0.3) is 0 Å². The Bertz CT molecular complexity index is 900. The summed E-state index contributed by atoms with van der Waals surface area (Å²) in [5, 5.41) is 1.73. The lowest BCUT2D eigenvalue weighted by atomic mass is 10.2. The lowest BCUT2D eigenvalue weighted by Crippen LogP contribution is -2.50. The number of hydrogen-bond donors (Lipinski definition) is 1. The van der Waals surface area contributed by atoms with Crippen LogP contribution >= 0.6 is 0 Å². The van der Waals surface area contributed by atoms with Crippen LogP contribution in [0, 0.1) is 0 Å². The largest absolute Gasteiger partial charge is 0.340 e. The maximum atomic E-state index is 13.2. The number of fused-ring (bicyclic) bond motifs is 1. The molecular formula is C18H24N4O3S. The molecule has 0 saturated carbocycles. The molecular weight excluding hydrogens is 352 g/mol. The Morgan fingerprint density at radius 3 is 2.77 bits per heavy atom. The second-order valence-corrected chi connectivity index (χ2v) is 8.49. The van der Waals surface area contributed by atoms with Crippen molar-refractivity contribution < 1.29 is 13.2 Å². The van der Waals surface area contributed by atoms with Crippen LogP contribution in [-0.2, 0) is 14.8 Å². The normalized spacial score (nSPS) is 19.9. The molecule has 1 aliphatic heterocycles. The lowest BCUT2D eigenvalue weighted by molar-refractivity contribution is -0.130. The van der Waals surface area contributed by atoms with Crippen molar-refractivity contribution in [2.45, 2.75) is 30.7 Å². The van der Waals surface area contributed by atoms with Crippen molar-refractivity contribution in [3.8, 4) is 0 Å². The fourth-order valence-corrected chi connectivity index (χ4v) is 5.06. The Labute approximate surface area is 153 Å². The number of carbonyl (C=O) groups is 1. The third-order valence-electron chi connectivity index (χ3n) is 4.78. The van der Waals surface area contributed by atoms with Crippen LogP contribution in [0.4, 0.5) is 0 Å². The van der Waals surface area contributed by atoms with Crippen LogP contribution in [0.1, 0.15) is 19.8 Å². The van der Waals surface area contributed by atoms with Gasteiger partial charge in [-0.15, -0.1) is 0 Å². The molecule has 1 aliphatic rings. The molecule has 1 aromatic carbocycles. The summed E-state index contributed by atoms with van der Waals surface area (Å²) >= 11 is 0. The highest BCUT2D eigenvalue weighted by Crippen LogP contribution is 2.24. The fraction of sp³-hybridized carbons (Fsp3) is 0.444. The first-order valence-electron chi connectivity index (χ1n) is 8.77. The molecule has 1 saturated heterocycles. The molecule has 26 heavy (non-hydrogen) atoms. The number of sulfonamides is 1. The smallest absolute Gasteiger partial charge is 0.243 e. The van der Waals surface area contributed by atoms with Crippen molar-refractivity contribution in [1.29, 1.82) is 0 Å². The van der Waals surface area contributed by atoms with E-state index in [1.54, 1.807) is 41.6 Å². The Morgan fingerprint density at radius 2 is 2.00 bits per heavy atom. The van der Waals surface area contributed by atoms with E-state index in [1.165, 1.54) is 4.31 Å². The minimum Gasteiger partial charge on any atom is -0.340 e. The number of rotatable bonds is 3. The van der Waals surface area contributed by atoms with E-state index in [9.17, 15) is 13.2 Å². The van der Waals surface area contributed by atoms with Gasteiger partial charge < -0.3 is 10.6 Å². The second kappa shape index (κ2) is 7.69. The molecule has 0 unspecified atom stereocenters. The molecule has 0 spiro atoms. The summed E-state index contributed by atoms with van der Waals surface area (Å²) in [7, 11) is -3.65. The van der Waals surface area contributed by atoms with Crippen molar-refractivity contribution in [2.75, 3.05) is 26.2 Å². The maximum absolute atomic E-state index is 13.2. The molecule has 2 aromatic rings. The topological polar surface area (TPSA) is 96.6 Å². The van der Waals surface area contributed by atoms with Crippen LogP contribution in [0.2, 0.25) is 0 Å². The number of pyridine rings is 1. The number of amides is 1. The first kappa shape index (κ1) is 18.8. The molecule has 8 heteroatoms. The van der Waals surface area contributed by atoms with Gasteiger partial charge in [-0.05, 0) is 43.4 Å². The minimum absolute atomic E-state index is 0.0574. The van der Waals surface area contributed by atoms with Gasteiger partial charge in [0.05, 0.1) is 11.4 Å². The van der Waals surface area contributed by atoms with E-state index in [4.69, 9.17) is 5.73 Å². The fourth-order valence-electron chi connectivity index (χ4n) is 3.36. The van der Waals surface area contributed by atoms with E-state index in [2.05, 4.69) is 4.98 Å². The Balaban J connectivity index is 1.91. The number of carbonyl (C=O) groups excluding carboxylic acids is 1. The van der Waals surface area contributed by atoms with Crippen molar-refractivity contribution in [2.24, 2.45) is 5.73 Å². The highest BCUT2D eigenvalue weighted by molar-refractivity contribution is 7.89. The highest BCUT2D eigenvalue weighted by Gasteiger charge is 2.32. The van der Waals surface area contributed by atoms with Crippen molar-refractivity contribution in [3.05, 3.63) is 36.7 Å². The number of nitrogens with two attached hydrogens (primary N) is 1. The summed E-state index contributed by atoms with van der Waals surface area (Å²) in [6, 6.07) is 6.55. The molecule has 140 valence electrons. The average molecular weight is 376 g/mol. The van der Waals surface area contributed by atoms with Gasteiger partial charge in [-0.3, -0.25) is 9.78 Å². The predicted octanol–water partition coefficient (Wildman–Crippen LogP) is 1.20. The maximum Gasteiger partial charge on any atom is 0.243 e. The number of aromatic nitrogens is 1. The molecule has 1 atom stereocenters. The van der Waals surface area contributed by atoms with Gasteiger partial charge in [0.1, 0.15) is 0 Å². The summed E-state index contributed by atoms with van der Waals surface area (Å²) in [6.45, 7) is 3.20. The zero-order valence-electron chi connectivity index (χ0n) is 14.8. The Hall–Kier alpha value is -2.03. The van der Waals surface area contributed by atoms with E-state index < -0.39 is 10.0 Å². The number of hydrogen-bond acceptors (Lipinski definition) is 5. The van der Waals surface area contributed by atoms with E-state index >= 15 is 0 Å². The van der Waals surface area contributed by atoms with Crippen molar-refractivity contribution in [3.63, 3.8) is 0 Å². The summed E-state index contributed by atoms with van der Waals surface area (Å²) in [5.74, 6) is -0.144. The van der Waals surface area contributed by atoms with Crippen LogP contribution in [0.15, 0.2) is 41.6 Å². The van der Waals surface area contributed by atoms with Gasteiger partial charge in [-0.1, -0.05) is 6.07 Å². The summed E-state index contributed by atoms with van der Waals surface area (Å²) < 4.78 is 28.0. The molecule has 0 radical (unpaired) electrons. The van der Waals surface area contributed by atoms with Crippen LogP contribution in [0.25, 0.3) is 10.8 Å². The Morgan fingerprint density at radius 1 is 1.23 bits per heavy atom. The third-order valence-corrected chi connectivity index (χ3v) is 6.79. The first-order valence-corrected chi connectivity index (χ1v) is 10.2.